The molecule has 0 bridgehead atoms. The third-order valence-electron chi connectivity index (χ3n) is 6.60. The number of carbonyl (C=O) groups is 1. The third-order valence-corrected chi connectivity index (χ3v) is 6.60. The topological polar surface area (TPSA) is 80.0 Å². The molecule has 1 aromatic carbocycles. The van der Waals surface area contributed by atoms with Crippen molar-refractivity contribution in [3.8, 4) is 11.3 Å². The van der Waals surface area contributed by atoms with Crippen molar-refractivity contribution < 1.29 is 4.79 Å². The lowest BCUT2D eigenvalue weighted by Gasteiger charge is -2.35. The van der Waals surface area contributed by atoms with Crippen LogP contribution in [-0.4, -0.2) is 68.9 Å². The minimum atomic E-state index is 0.0451. The number of piperidine rings is 1. The average Bonchev–Trinajstić information content (AvgIpc) is 3.30. The fourth-order valence-electron chi connectivity index (χ4n) is 4.56. The van der Waals surface area contributed by atoms with E-state index in [1.165, 1.54) is 0 Å². The number of anilines is 1. The van der Waals surface area contributed by atoms with Gasteiger partial charge in [0.1, 0.15) is 11.5 Å². The van der Waals surface area contributed by atoms with E-state index in [-0.39, 0.29) is 12.2 Å². The van der Waals surface area contributed by atoms with Crippen LogP contribution in [0.2, 0.25) is 0 Å². The molecule has 4 aromatic rings. The Kier molecular flexibility index (Phi) is 6.06. The molecular formula is C26H29N7O. The highest BCUT2D eigenvalue weighted by Crippen LogP contribution is 2.24. The lowest BCUT2D eigenvalue weighted by atomic mass is 10.0. The molecule has 174 valence electrons. The molecule has 0 saturated carbocycles. The quantitative estimate of drug-likeness (QED) is 0.412. The lowest BCUT2D eigenvalue weighted by molar-refractivity contribution is 0.0992. The number of aromatic nitrogens is 5. The van der Waals surface area contributed by atoms with Crippen molar-refractivity contribution in [1.29, 1.82) is 0 Å². The highest BCUT2D eigenvalue weighted by molar-refractivity contribution is 5.98. The summed E-state index contributed by atoms with van der Waals surface area (Å²) in [4.78, 5) is 26.7. The van der Waals surface area contributed by atoms with Crippen molar-refractivity contribution in [3.63, 3.8) is 0 Å². The second kappa shape index (κ2) is 9.30. The van der Waals surface area contributed by atoms with E-state index < -0.39 is 0 Å². The molecule has 1 fully saturated rings. The van der Waals surface area contributed by atoms with Gasteiger partial charge in [0.2, 0.25) is 0 Å². The average molecular weight is 456 g/mol. The van der Waals surface area contributed by atoms with Gasteiger partial charge in [0.05, 0.1) is 12.6 Å². The van der Waals surface area contributed by atoms with E-state index in [0.29, 0.717) is 11.6 Å². The highest BCUT2D eigenvalue weighted by Gasteiger charge is 2.22. The summed E-state index contributed by atoms with van der Waals surface area (Å²) in [5, 5.41) is 10.3. The Morgan fingerprint density at radius 1 is 1.06 bits per heavy atom. The monoisotopic (exact) mass is 455 g/mol. The Morgan fingerprint density at radius 2 is 1.88 bits per heavy atom. The lowest BCUT2D eigenvalue weighted by Crippen LogP contribution is -2.42. The Hall–Kier alpha value is -3.65. The molecule has 0 unspecified atom stereocenters. The third kappa shape index (κ3) is 4.68. The summed E-state index contributed by atoms with van der Waals surface area (Å²) in [6, 6.07) is 12.4. The number of aryl methyl sites for hydroxylation is 1. The zero-order valence-electron chi connectivity index (χ0n) is 19.8. The van der Waals surface area contributed by atoms with Crippen LogP contribution in [0.25, 0.3) is 22.0 Å². The molecule has 5 rings (SSSR count). The smallest absolute Gasteiger partial charge is 0.169 e. The maximum Gasteiger partial charge on any atom is 0.169 e. The predicted molar refractivity (Wildman–Crippen MR) is 133 cm³/mol. The molecule has 4 heterocycles. The fourth-order valence-corrected chi connectivity index (χ4v) is 4.56. The number of hydrogen-bond acceptors (Lipinski definition) is 7. The van der Waals surface area contributed by atoms with E-state index in [2.05, 4.69) is 50.2 Å². The molecule has 0 atom stereocenters. The zero-order valence-corrected chi connectivity index (χ0v) is 19.8. The fraction of sp³-hybridized carbons (Fsp3) is 0.346. The summed E-state index contributed by atoms with van der Waals surface area (Å²) >= 11 is 0. The first kappa shape index (κ1) is 22.2. The summed E-state index contributed by atoms with van der Waals surface area (Å²) in [5.41, 5.74) is 3.23. The number of nitrogens with zero attached hydrogens (tertiary/aromatic N) is 7. The van der Waals surface area contributed by atoms with Crippen LogP contribution in [0, 0.1) is 0 Å². The van der Waals surface area contributed by atoms with Gasteiger partial charge in [0.15, 0.2) is 5.78 Å². The number of pyridine rings is 2. The number of hydrogen-bond donors (Lipinski definition) is 0. The number of carbonyl (C=O) groups excluding carboxylic acids is 1. The molecule has 3 aromatic heterocycles. The van der Waals surface area contributed by atoms with Crippen molar-refractivity contribution in [2.75, 3.05) is 32.1 Å². The van der Waals surface area contributed by atoms with Gasteiger partial charge in [-0.05, 0) is 56.6 Å². The maximum absolute atomic E-state index is 13.1. The van der Waals surface area contributed by atoms with Crippen LogP contribution in [0.1, 0.15) is 28.9 Å². The van der Waals surface area contributed by atoms with Crippen molar-refractivity contribution in [1.82, 2.24) is 29.9 Å². The van der Waals surface area contributed by atoms with Gasteiger partial charge in [-0.25, -0.2) is 4.98 Å². The number of fused-ring (bicyclic) bond motifs is 1. The van der Waals surface area contributed by atoms with Crippen molar-refractivity contribution in [3.05, 3.63) is 66.2 Å². The molecule has 8 nitrogen and oxygen atoms in total. The molecule has 0 aliphatic carbocycles. The maximum atomic E-state index is 13.1. The van der Waals surface area contributed by atoms with E-state index in [0.717, 1.165) is 59.5 Å². The minimum Gasteiger partial charge on any atom is -0.356 e. The SMILES string of the molecule is CN(C)C1CCN(c2cc(C(=O)Cc3cc4cc(-c5cn(C)nn5)ccc4cn3)ccn2)CC1. The second-order valence-electron chi connectivity index (χ2n) is 9.20. The van der Waals surface area contributed by atoms with Crippen LogP contribution >= 0.6 is 0 Å². The van der Waals surface area contributed by atoms with Crippen LogP contribution in [-0.2, 0) is 13.5 Å². The Labute approximate surface area is 199 Å². The van der Waals surface area contributed by atoms with Crippen LogP contribution in [0.15, 0.2) is 55.0 Å². The highest BCUT2D eigenvalue weighted by atomic mass is 16.1. The number of rotatable bonds is 6. The zero-order chi connectivity index (χ0) is 23.7. The van der Waals surface area contributed by atoms with Crippen LogP contribution in [0.4, 0.5) is 5.82 Å². The van der Waals surface area contributed by atoms with Crippen molar-refractivity contribution >= 4 is 22.4 Å². The molecule has 0 radical (unpaired) electrons. The van der Waals surface area contributed by atoms with E-state index >= 15 is 0 Å². The van der Waals surface area contributed by atoms with E-state index in [4.69, 9.17) is 0 Å². The Bertz CT molecular complexity index is 1320. The van der Waals surface area contributed by atoms with Crippen LogP contribution in [0.5, 0.6) is 0 Å². The van der Waals surface area contributed by atoms with E-state index in [1.54, 1.807) is 16.9 Å². The molecule has 8 heteroatoms. The standard InChI is InChI=1S/C26H29N7O/c1-31(2)23-7-10-33(11-8-23)26-14-19(6-9-27-26)25(34)15-22-13-21-12-18(4-5-20(21)16-28-22)24-17-32(3)30-29-24/h4-6,9,12-14,16-17,23H,7-8,10-11,15H2,1-3H3. The number of benzene rings is 1. The van der Waals surface area contributed by atoms with Crippen molar-refractivity contribution in [2.24, 2.45) is 7.05 Å². The van der Waals surface area contributed by atoms with Gasteiger partial charge in [-0.3, -0.25) is 14.5 Å². The van der Waals surface area contributed by atoms with E-state index in [9.17, 15) is 4.79 Å². The number of ketones is 1. The molecule has 34 heavy (non-hydrogen) atoms. The van der Waals surface area contributed by atoms with Gasteiger partial charge in [-0.1, -0.05) is 17.3 Å². The summed E-state index contributed by atoms with van der Waals surface area (Å²) in [7, 11) is 6.12. The first-order valence-electron chi connectivity index (χ1n) is 11.6. The summed E-state index contributed by atoms with van der Waals surface area (Å²) in [6.45, 7) is 1.90. The normalized spacial score (nSPS) is 14.8. The molecule has 0 spiro atoms. The molecule has 0 N–H and O–H groups in total. The molecular weight excluding hydrogens is 426 g/mol. The number of Topliss-reactive ketones (excluding diaryl/α,β-unsaturated/α-hetero) is 1. The van der Waals surface area contributed by atoms with Crippen LogP contribution in [0.3, 0.4) is 0 Å². The van der Waals surface area contributed by atoms with Gasteiger partial charge in [-0.15, -0.1) is 5.10 Å². The molecule has 0 amide bonds. The Balaban J connectivity index is 1.32. The van der Waals surface area contributed by atoms with Gasteiger partial charge < -0.3 is 9.80 Å². The molecule has 1 saturated heterocycles. The summed E-state index contributed by atoms with van der Waals surface area (Å²) < 4.78 is 1.68. The van der Waals surface area contributed by atoms with Gasteiger partial charge >= 0.3 is 0 Å². The summed E-state index contributed by atoms with van der Waals surface area (Å²) in [5.74, 6) is 0.923. The van der Waals surface area contributed by atoms with Gasteiger partial charge in [-0.2, -0.15) is 0 Å². The first-order chi connectivity index (χ1) is 16.5. The second-order valence-corrected chi connectivity index (χ2v) is 9.20. The molecule has 1 aliphatic heterocycles. The largest absolute Gasteiger partial charge is 0.356 e. The van der Waals surface area contributed by atoms with Gasteiger partial charge in [0, 0.05) is 60.8 Å². The first-order valence-corrected chi connectivity index (χ1v) is 11.6. The van der Waals surface area contributed by atoms with Crippen LogP contribution < -0.4 is 4.90 Å². The van der Waals surface area contributed by atoms with Gasteiger partial charge in [0.25, 0.3) is 0 Å². The summed E-state index contributed by atoms with van der Waals surface area (Å²) in [6.07, 6.45) is 7.90. The Morgan fingerprint density at radius 3 is 2.62 bits per heavy atom. The van der Waals surface area contributed by atoms with Crippen molar-refractivity contribution in [2.45, 2.75) is 25.3 Å². The minimum absolute atomic E-state index is 0.0451. The van der Waals surface area contributed by atoms with E-state index in [1.807, 2.05) is 43.7 Å². The molecule has 1 aliphatic rings. The predicted octanol–water partition coefficient (Wildman–Crippen LogP) is 3.38.